The molecule has 0 fully saturated rings. The normalized spacial score (nSPS) is 11.7. The third-order valence-corrected chi connectivity index (χ3v) is 1.08. The summed E-state index contributed by atoms with van der Waals surface area (Å²) < 4.78 is 47.0. The Kier molecular flexibility index (Phi) is 6.15. The lowest BCUT2D eigenvalue weighted by molar-refractivity contribution is -0.296. The Labute approximate surface area is 82.5 Å². The molecule has 0 unspecified atom stereocenters. The third kappa shape index (κ3) is 6.02. The second kappa shape index (κ2) is 5.66. The summed E-state index contributed by atoms with van der Waals surface area (Å²) in [5, 5.41) is 23.1. The summed E-state index contributed by atoms with van der Waals surface area (Å²) in [5.41, 5.74) is 0. The topological polar surface area (TPSA) is 77.8 Å². The maximum Gasteiger partial charge on any atom is 0.358 e. The zero-order valence-electron chi connectivity index (χ0n) is 7.62. The summed E-state index contributed by atoms with van der Waals surface area (Å²) in [5.74, 6) is -10.2. The molecule has 0 saturated heterocycles. The lowest BCUT2D eigenvalue weighted by atomic mass is 10.2. The monoisotopic (exact) mass is 234 g/mol. The molecule has 90 valence electrons. The van der Waals surface area contributed by atoms with Crippen LogP contribution in [0.25, 0.3) is 0 Å². The first-order chi connectivity index (χ1) is 6.46. The van der Waals surface area contributed by atoms with Crippen molar-refractivity contribution in [1.29, 1.82) is 0 Å². The molecule has 0 rings (SSSR count). The highest BCUT2D eigenvalue weighted by atomic mass is 19.3. The number of alkyl halides is 4. The average Bonchev–Trinajstić information content (AvgIpc) is 2.03. The molecule has 15 heavy (non-hydrogen) atoms. The Morgan fingerprint density at radius 1 is 1.33 bits per heavy atom. The van der Waals surface area contributed by atoms with Crippen molar-refractivity contribution in [3.8, 4) is 0 Å². The fourth-order valence-electron chi connectivity index (χ4n) is 0.227. The highest BCUT2D eigenvalue weighted by Gasteiger charge is 2.57. The van der Waals surface area contributed by atoms with Crippen molar-refractivity contribution in [2.75, 3.05) is 0 Å². The second-order valence-corrected chi connectivity index (χ2v) is 2.43. The minimum Gasteiger partial charge on any atom is -0.478 e. The number of hydrogen-bond donors (Lipinski definition) is 3. The Hall–Kier alpha value is -1.15. The average molecular weight is 234 g/mol. The SMILES string of the molecule is C=CC(=O)O.CC(F)(F)C(F)(F)C(O)O. The molecule has 0 aromatic heterocycles. The van der Waals surface area contributed by atoms with Gasteiger partial charge in [-0.1, -0.05) is 6.58 Å². The molecule has 0 aromatic carbocycles. The number of aliphatic hydroxyl groups excluding tert-OH is 1. The standard InChI is InChI=1S/C4H6F4O2.C3H4O2/c1-3(5,6)4(7,8)2(9)10;1-2-3(4)5/h2,9-10H,1H3;2H,1H2,(H,4,5). The molecule has 0 aromatic rings. The van der Waals surface area contributed by atoms with E-state index in [-0.39, 0.29) is 6.92 Å². The van der Waals surface area contributed by atoms with Crippen LogP contribution >= 0.6 is 0 Å². The summed E-state index contributed by atoms with van der Waals surface area (Å²) in [7, 11) is 0. The van der Waals surface area contributed by atoms with Crippen LogP contribution in [0.4, 0.5) is 17.6 Å². The molecule has 0 bridgehead atoms. The maximum atomic E-state index is 11.8. The summed E-state index contributed by atoms with van der Waals surface area (Å²) in [6.45, 7) is 2.87. The van der Waals surface area contributed by atoms with E-state index >= 15 is 0 Å². The highest BCUT2D eigenvalue weighted by molar-refractivity contribution is 5.78. The molecular weight excluding hydrogens is 224 g/mol. The molecule has 0 spiro atoms. The highest BCUT2D eigenvalue weighted by Crippen LogP contribution is 2.35. The van der Waals surface area contributed by atoms with Crippen LogP contribution in [0.15, 0.2) is 12.7 Å². The molecule has 0 amide bonds. The van der Waals surface area contributed by atoms with Crippen LogP contribution in [0, 0.1) is 0 Å². The van der Waals surface area contributed by atoms with Crippen LogP contribution in [0.1, 0.15) is 6.92 Å². The van der Waals surface area contributed by atoms with Crippen LogP contribution < -0.4 is 0 Å². The number of carboxylic acids is 1. The summed E-state index contributed by atoms with van der Waals surface area (Å²) >= 11 is 0. The zero-order valence-corrected chi connectivity index (χ0v) is 7.62. The van der Waals surface area contributed by atoms with Crippen molar-refractivity contribution in [1.82, 2.24) is 0 Å². The fourth-order valence-corrected chi connectivity index (χ4v) is 0.227. The Balaban J connectivity index is 0. The third-order valence-electron chi connectivity index (χ3n) is 1.08. The van der Waals surface area contributed by atoms with E-state index in [4.69, 9.17) is 15.3 Å². The van der Waals surface area contributed by atoms with Gasteiger partial charge < -0.3 is 15.3 Å². The number of aliphatic hydroxyl groups is 2. The number of aliphatic carboxylic acids is 1. The van der Waals surface area contributed by atoms with Gasteiger partial charge in [0.05, 0.1) is 0 Å². The molecule has 3 N–H and O–H groups in total. The molecule has 8 heteroatoms. The van der Waals surface area contributed by atoms with Crippen LogP contribution in [-0.4, -0.2) is 39.4 Å². The van der Waals surface area contributed by atoms with Crippen molar-refractivity contribution in [2.45, 2.75) is 25.1 Å². The molecule has 0 aliphatic carbocycles. The van der Waals surface area contributed by atoms with Gasteiger partial charge in [0.1, 0.15) is 0 Å². The predicted octanol–water partition coefficient (Wildman–Crippen LogP) is 0.845. The van der Waals surface area contributed by atoms with E-state index < -0.39 is 24.1 Å². The Bertz CT molecular complexity index is 222. The first-order valence-corrected chi connectivity index (χ1v) is 3.44. The van der Waals surface area contributed by atoms with Gasteiger partial charge in [-0.3, -0.25) is 0 Å². The van der Waals surface area contributed by atoms with Gasteiger partial charge in [-0.25, -0.2) is 13.6 Å². The van der Waals surface area contributed by atoms with Crippen molar-refractivity contribution in [2.24, 2.45) is 0 Å². The molecule has 0 aliphatic rings. The molecule has 4 nitrogen and oxygen atoms in total. The van der Waals surface area contributed by atoms with Gasteiger partial charge in [-0.2, -0.15) is 8.78 Å². The zero-order chi connectivity index (χ0) is 12.9. The number of rotatable bonds is 3. The van der Waals surface area contributed by atoms with E-state index in [0.717, 1.165) is 6.08 Å². The van der Waals surface area contributed by atoms with Crippen LogP contribution in [0.2, 0.25) is 0 Å². The van der Waals surface area contributed by atoms with E-state index in [1.54, 1.807) is 0 Å². The van der Waals surface area contributed by atoms with Gasteiger partial charge in [0.15, 0.2) is 0 Å². The van der Waals surface area contributed by atoms with Crippen LogP contribution in [-0.2, 0) is 4.79 Å². The summed E-state index contributed by atoms with van der Waals surface area (Å²) in [6, 6.07) is 0. The summed E-state index contributed by atoms with van der Waals surface area (Å²) in [4.78, 5) is 9.25. The number of carbonyl (C=O) groups is 1. The Morgan fingerprint density at radius 3 is 1.60 bits per heavy atom. The fraction of sp³-hybridized carbons (Fsp3) is 0.571. The lowest BCUT2D eigenvalue weighted by Gasteiger charge is -2.23. The summed E-state index contributed by atoms with van der Waals surface area (Å²) in [6.07, 6.45) is -2.49. The van der Waals surface area contributed by atoms with Gasteiger partial charge in [0.2, 0.25) is 6.29 Å². The van der Waals surface area contributed by atoms with E-state index in [1.165, 1.54) is 0 Å². The molecule has 0 saturated carbocycles. The van der Waals surface area contributed by atoms with Crippen molar-refractivity contribution < 1.29 is 37.7 Å². The molecule has 0 radical (unpaired) electrons. The molecule has 0 atom stereocenters. The minimum absolute atomic E-state index is 0.0908. The van der Waals surface area contributed by atoms with Gasteiger partial charge in [0, 0.05) is 13.0 Å². The smallest absolute Gasteiger partial charge is 0.358 e. The van der Waals surface area contributed by atoms with E-state index in [1.807, 2.05) is 0 Å². The minimum atomic E-state index is -4.78. The van der Waals surface area contributed by atoms with Crippen LogP contribution in [0.3, 0.4) is 0 Å². The number of hydrogen-bond acceptors (Lipinski definition) is 3. The van der Waals surface area contributed by atoms with E-state index in [0.29, 0.717) is 0 Å². The van der Waals surface area contributed by atoms with Crippen molar-refractivity contribution in [3.05, 3.63) is 12.7 Å². The first-order valence-electron chi connectivity index (χ1n) is 3.44. The number of halogens is 4. The van der Waals surface area contributed by atoms with E-state index in [9.17, 15) is 22.4 Å². The lowest BCUT2D eigenvalue weighted by Crippen LogP contribution is -2.47. The molecular formula is C7H10F4O4. The first kappa shape index (κ1) is 16.3. The van der Waals surface area contributed by atoms with Gasteiger partial charge >= 0.3 is 17.8 Å². The van der Waals surface area contributed by atoms with Crippen molar-refractivity contribution >= 4 is 5.97 Å². The molecule has 0 heterocycles. The maximum absolute atomic E-state index is 11.8. The van der Waals surface area contributed by atoms with Gasteiger partial charge in [-0.05, 0) is 0 Å². The van der Waals surface area contributed by atoms with Gasteiger partial charge in [0.25, 0.3) is 0 Å². The van der Waals surface area contributed by atoms with Crippen LogP contribution in [0.5, 0.6) is 0 Å². The largest absolute Gasteiger partial charge is 0.478 e. The van der Waals surface area contributed by atoms with E-state index in [2.05, 4.69) is 6.58 Å². The number of carboxylic acid groups (broad SMARTS) is 1. The second-order valence-electron chi connectivity index (χ2n) is 2.43. The quantitative estimate of drug-likeness (QED) is 0.384. The molecule has 0 aliphatic heterocycles. The Morgan fingerprint density at radius 2 is 1.60 bits per heavy atom. The van der Waals surface area contributed by atoms with Gasteiger partial charge in [-0.15, -0.1) is 0 Å². The predicted molar refractivity (Wildman–Crippen MR) is 41.6 cm³/mol. The van der Waals surface area contributed by atoms with Crippen molar-refractivity contribution in [3.63, 3.8) is 0 Å².